The summed E-state index contributed by atoms with van der Waals surface area (Å²) in [4.78, 5) is 12.7. The molecule has 1 unspecified atom stereocenters. The second-order valence-electron chi connectivity index (χ2n) is 7.32. The molecule has 1 aromatic rings. The fourth-order valence-electron chi connectivity index (χ4n) is 4.45. The van der Waals surface area contributed by atoms with E-state index in [4.69, 9.17) is 4.74 Å². The monoisotopic (exact) mass is 314 g/mol. The van der Waals surface area contributed by atoms with Crippen LogP contribution in [0.25, 0.3) is 0 Å². The van der Waals surface area contributed by atoms with Crippen LogP contribution in [-0.4, -0.2) is 24.6 Å². The first-order chi connectivity index (χ1) is 11.3. The number of ether oxygens (including phenoxy) is 1. The molecular formula is C19H26N2O2. The second-order valence-corrected chi connectivity index (χ2v) is 7.32. The highest BCUT2D eigenvalue weighted by molar-refractivity contribution is 5.79. The Kier molecular flexibility index (Phi) is 4.02. The van der Waals surface area contributed by atoms with Gasteiger partial charge in [0.15, 0.2) is 0 Å². The van der Waals surface area contributed by atoms with Gasteiger partial charge in [-0.3, -0.25) is 4.79 Å². The molecule has 1 amide bonds. The lowest BCUT2D eigenvalue weighted by Crippen LogP contribution is -2.46. The zero-order valence-corrected chi connectivity index (χ0v) is 13.6. The van der Waals surface area contributed by atoms with Crippen molar-refractivity contribution >= 4 is 5.91 Å². The van der Waals surface area contributed by atoms with Gasteiger partial charge < -0.3 is 15.4 Å². The molecule has 1 aromatic carbocycles. The Morgan fingerprint density at radius 1 is 1.17 bits per heavy atom. The average molecular weight is 314 g/mol. The first-order valence-electron chi connectivity index (χ1n) is 9.05. The van der Waals surface area contributed by atoms with Crippen molar-refractivity contribution in [2.45, 2.75) is 56.6 Å². The van der Waals surface area contributed by atoms with Gasteiger partial charge in [0.1, 0.15) is 11.4 Å². The molecule has 1 aliphatic carbocycles. The van der Waals surface area contributed by atoms with E-state index < -0.39 is 0 Å². The van der Waals surface area contributed by atoms with E-state index in [1.807, 2.05) is 12.1 Å². The minimum absolute atomic E-state index is 0.0551. The number of benzene rings is 1. The number of carbonyl (C=O) groups is 1. The molecule has 0 aromatic heterocycles. The van der Waals surface area contributed by atoms with Crippen LogP contribution in [0.1, 0.15) is 56.6 Å². The zero-order valence-electron chi connectivity index (χ0n) is 13.6. The van der Waals surface area contributed by atoms with Gasteiger partial charge in [0, 0.05) is 17.9 Å². The van der Waals surface area contributed by atoms with E-state index in [1.165, 1.54) is 12.8 Å². The van der Waals surface area contributed by atoms with Crippen molar-refractivity contribution in [1.82, 2.24) is 10.6 Å². The molecule has 2 N–H and O–H groups in total. The molecule has 3 aliphatic rings. The van der Waals surface area contributed by atoms with E-state index in [0.29, 0.717) is 0 Å². The van der Waals surface area contributed by atoms with Crippen LogP contribution in [0.5, 0.6) is 5.75 Å². The third kappa shape index (κ3) is 2.97. The topological polar surface area (TPSA) is 50.4 Å². The maximum absolute atomic E-state index is 12.7. The number of hydrogen-bond acceptors (Lipinski definition) is 3. The van der Waals surface area contributed by atoms with Crippen molar-refractivity contribution in [3.8, 4) is 5.75 Å². The Morgan fingerprint density at radius 3 is 2.70 bits per heavy atom. The largest absolute Gasteiger partial charge is 0.487 e. The lowest BCUT2D eigenvalue weighted by Gasteiger charge is -2.40. The third-order valence-corrected chi connectivity index (χ3v) is 5.74. The standard InChI is InChI=1S/C19H26N2O2/c22-18(14-7-11-20-12-8-14)21-16-13-19(9-3-4-10-19)23-17-6-2-1-5-15(16)17/h1-2,5-6,14,16,20H,3-4,7-13H2,(H,21,22). The van der Waals surface area contributed by atoms with Crippen molar-refractivity contribution in [3.05, 3.63) is 29.8 Å². The van der Waals surface area contributed by atoms with Crippen LogP contribution in [0.15, 0.2) is 24.3 Å². The molecule has 1 saturated carbocycles. The van der Waals surface area contributed by atoms with Crippen LogP contribution >= 0.6 is 0 Å². The number of amides is 1. The van der Waals surface area contributed by atoms with Crippen LogP contribution in [-0.2, 0) is 4.79 Å². The molecule has 2 aliphatic heterocycles. The molecule has 23 heavy (non-hydrogen) atoms. The minimum atomic E-state index is -0.0551. The van der Waals surface area contributed by atoms with E-state index in [2.05, 4.69) is 22.8 Å². The van der Waals surface area contributed by atoms with Gasteiger partial charge in [0.2, 0.25) is 5.91 Å². The first kappa shape index (κ1) is 15.0. The second kappa shape index (κ2) is 6.16. The number of hydrogen-bond donors (Lipinski definition) is 2. The van der Waals surface area contributed by atoms with Gasteiger partial charge in [-0.25, -0.2) is 0 Å². The van der Waals surface area contributed by atoms with E-state index >= 15 is 0 Å². The summed E-state index contributed by atoms with van der Waals surface area (Å²) in [5.74, 6) is 1.35. The average Bonchev–Trinajstić information content (AvgIpc) is 3.03. The fraction of sp³-hybridized carbons (Fsp3) is 0.632. The normalized spacial score (nSPS) is 26.5. The quantitative estimate of drug-likeness (QED) is 0.882. The summed E-state index contributed by atoms with van der Waals surface area (Å²) in [6, 6.07) is 8.32. The van der Waals surface area contributed by atoms with Crippen LogP contribution in [0.3, 0.4) is 0 Å². The Labute approximate surface area is 138 Å². The maximum Gasteiger partial charge on any atom is 0.223 e. The molecule has 4 nitrogen and oxygen atoms in total. The van der Waals surface area contributed by atoms with Gasteiger partial charge >= 0.3 is 0 Å². The predicted octanol–water partition coefficient (Wildman–Crippen LogP) is 2.94. The van der Waals surface area contributed by atoms with E-state index in [9.17, 15) is 4.79 Å². The number of nitrogens with one attached hydrogen (secondary N) is 2. The van der Waals surface area contributed by atoms with Crippen molar-refractivity contribution in [2.75, 3.05) is 13.1 Å². The van der Waals surface area contributed by atoms with Gasteiger partial charge in [-0.15, -0.1) is 0 Å². The molecule has 2 heterocycles. The number of piperidine rings is 1. The molecule has 1 spiro atoms. The highest BCUT2D eigenvalue weighted by atomic mass is 16.5. The maximum atomic E-state index is 12.7. The predicted molar refractivity (Wildman–Crippen MR) is 89.4 cm³/mol. The van der Waals surface area contributed by atoms with Crippen molar-refractivity contribution in [2.24, 2.45) is 5.92 Å². The van der Waals surface area contributed by atoms with Crippen molar-refractivity contribution in [3.63, 3.8) is 0 Å². The van der Waals surface area contributed by atoms with Gasteiger partial charge in [0.05, 0.1) is 6.04 Å². The summed E-state index contributed by atoms with van der Waals surface area (Å²) in [5, 5.41) is 6.68. The van der Waals surface area contributed by atoms with E-state index in [0.717, 1.165) is 56.5 Å². The number of para-hydroxylation sites is 1. The molecule has 124 valence electrons. The van der Waals surface area contributed by atoms with Crippen molar-refractivity contribution in [1.29, 1.82) is 0 Å². The number of rotatable bonds is 2. The van der Waals surface area contributed by atoms with E-state index in [-0.39, 0.29) is 23.5 Å². The van der Waals surface area contributed by atoms with Gasteiger partial charge in [-0.05, 0) is 57.7 Å². The van der Waals surface area contributed by atoms with Gasteiger partial charge in [-0.1, -0.05) is 18.2 Å². The zero-order chi connectivity index (χ0) is 15.7. The molecule has 4 heteroatoms. The summed E-state index contributed by atoms with van der Waals surface area (Å²) < 4.78 is 6.38. The smallest absolute Gasteiger partial charge is 0.223 e. The molecule has 2 fully saturated rings. The summed E-state index contributed by atoms with van der Waals surface area (Å²) >= 11 is 0. The molecule has 1 saturated heterocycles. The minimum Gasteiger partial charge on any atom is -0.487 e. The highest BCUT2D eigenvalue weighted by Crippen LogP contribution is 2.47. The van der Waals surface area contributed by atoms with Crippen LogP contribution < -0.4 is 15.4 Å². The summed E-state index contributed by atoms with van der Waals surface area (Å²) in [6.07, 6.45) is 7.50. The fourth-order valence-corrected chi connectivity index (χ4v) is 4.45. The lowest BCUT2D eigenvalue weighted by atomic mass is 9.85. The van der Waals surface area contributed by atoms with Crippen molar-refractivity contribution < 1.29 is 9.53 Å². The number of fused-ring (bicyclic) bond motifs is 1. The summed E-state index contributed by atoms with van der Waals surface area (Å²) in [6.45, 7) is 1.90. The van der Waals surface area contributed by atoms with Gasteiger partial charge in [0.25, 0.3) is 0 Å². The van der Waals surface area contributed by atoms with Crippen LogP contribution in [0.4, 0.5) is 0 Å². The Balaban J connectivity index is 1.55. The molecule has 0 radical (unpaired) electrons. The van der Waals surface area contributed by atoms with Crippen LogP contribution in [0.2, 0.25) is 0 Å². The Bertz CT molecular complexity index is 574. The first-order valence-corrected chi connectivity index (χ1v) is 9.05. The number of carbonyl (C=O) groups excluding carboxylic acids is 1. The summed E-state index contributed by atoms with van der Waals surface area (Å²) in [5.41, 5.74) is 1.09. The van der Waals surface area contributed by atoms with Crippen LogP contribution in [0, 0.1) is 5.92 Å². The molecule has 0 bridgehead atoms. The SMILES string of the molecule is O=C(NC1CC2(CCCC2)Oc2ccccc21)C1CCNCC1. The Morgan fingerprint density at radius 2 is 1.91 bits per heavy atom. The van der Waals surface area contributed by atoms with E-state index in [1.54, 1.807) is 0 Å². The summed E-state index contributed by atoms with van der Waals surface area (Å²) in [7, 11) is 0. The molecule has 1 atom stereocenters. The van der Waals surface area contributed by atoms with Gasteiger partial charge in [-0.2, -0.15) is 0 Å². The molecule has 4 rings (SSSR count). The Hall–Kier alpha value is -1.55. The highest BCUT2D eigenvalue weighted by Gasteiger charge is 2.43. The lowest BCUT2D eigenvalue weighted by molar-refractivity contribution is -0.127. The molecular weight excluding hydrogens is 288 g/mol. The third-order valence-electron chi connectivity index (χ3n) is 5.74.